The molecule has 0 fully saturated rings. The standard InChI is InChI=1S/C15H18N4OS/c1-11(15-9-21-10-18-15)20-14-5-3-13(4-6-14)7-8-17-12(2)19-16/h3-6,9-10,17,19H,1-2,7-8,16H2. The Hall–Kier alpha value is -2.31. The van der Waals surface area contributed by atoms with Crippen molar-refractivity contribution >= 4 is 17.1 Å². The van der Waals surface area contributed by atoms with Gasteiger partial charge in [0.25, 0.3) is 0 Å². The highest BCUT2D eigenvalue weighted by Gasteiger charge is 2.04. The Balaban J connectivity index is 1.84. The monoisotopic (exact) mass is 302 g/mol. The summed E-state index contributed by atoms with van der Waals surface area (Å²) in [4.78, 5) is 4.16. The van der Waals surface area contributed by atoms with Crippen LogP contribution in [0.3, 0.4) is 0 Å². The van der Waals surface area contributed by atoms with Crippen molar-refractivity contribution < 1.29 is 4.74 Å². The fourth-order valence-electron chi connectivity index (χ4n) is 1.68. The van der Waals surface area contributed by atoms with Crippen molar-refractivity contribution in [2.24, 2.45) is 5.84 Å². The Morgan fingerprint density at radius 3 is 2.67 bits per heavy atom. The zero-order valence-electron chi connectivity index (χ0n) is 11.6. The van der Waals surface area contributed by atoms with Crippen LogP contribution in [0.1, 0.15) is 11.3 Å². The van der Waals surface area contributed by atoms with Crippen molar-refractivity contribution in [3.05, 3.63) is 65.4 Å². The van der Waals surface area contributed by atoms with Crippen LogP contribution in [0.15, 0.2) is 54.1 Å². The normalized spacial score (nSPS) is 9.95. The van der Waals surface area contributed by atoms with Crippen molar-refractivity contribution in [1.29, 1.82) is 0 Å². The van der Waals surface area contributed by atoms with E-state index in [1.807, 2.05) is 29.6 Å². The third-order valence-corrected chi connectivity index (χ3v) is 3.40. The topological polar surface area (TPSA) is 72.2 Å². The summed E-state index contributed by atoms with van der Waals surface area (Å²) in [6.07, 6.45) is 0.869. The first kappa shape index (κ1) is 15.1. The van der Waals surface area contributed by atoms with Crippen LogP contribution in [-0.2, 0) is 6.42 Å². The summed E-state index contributed by atoms with van der Waals surface area (Å²) in [6, 6.07) is 7.87. The lowest BCUT2D eigenvalue weighted by Gasteiger charge is -2.09. The van der Waals surface area contributed by atoms with E-state index in [4.69, 9.17) is 10.6 Å². The maximum absolute atomic E-state index is 5.67. The van der Waals surface area contributed by atoms with Gasteiger partial charge in [0.2, 0.25) is 0 Å². The second kappa shape index (κ2) is 7.47. The van der Waals surface area contributed by atoms with Gasteiger partial charge in [0.05, 0.1) is 5.51 Å². The number of rotatable bonds is 8. The van der Waals surface area contributed by atoms with Gasteiger partial charge < -0.3 is 15.5 Å². The number of aromatic nitrogens is 1. The molecule has 1 aromatic heterocycles. The van der Waals surface area contributed by atoms with Gasteiger partial charge in [-0.15, -0.1) is 11.3 Å². The fourth-order valence-corrected chi connectivity index (χ4v) is 2.23. The van der Waals surface area contributed by atoms with E-state index in [0.29, 0.717) is 11.6 Å². The largest absolute Gasteiger partial charge is 0.456 e. The highest BCUT2D eigenvalue weighted by atomic mass is 32.1. The molecule has 0 aliphatic rings. The van der Waals surface area contributed by atoms with Crippen molar-refractivity contribution in [1.82, 2.24) is 15.7 Å². The SMILES string of the molecule is C=C(NN)NCCc1ccc(OC(=C)c2cscn2)cc1. The molecule has 1 heterocycles. The molecular formula is C15H18N4OS. The molecule has 1 aromatic carbocycles. The molecule has 0 bridgehead atoms. The summed E-state index contributed by atoms with van der Waals surface area (Å²) in [6.45, 7) is 8.33. The van der Waals surface area contributed by atoms with Crippen molar-refractivity contribution in [3.8, 4) is 5.75 Å². The van der Waals surface area contributed by atoms with E-state index in [0.717, 1.165) is 24.4 Å². The number of nitrogens with zero attached hydrogens (tertiary/aromatic N) is 1. The molecule has 2 aromatic rings. The zero-order chi connectivity index (χ0) is 15.1. The summed E-state index contributed by atoms with van der Waals surface area (Å²) in [5.41, 5.74) is 6.17. The number of nitrogens with two attached hydrogens (primary N) is 1. The van der Waals surface area contributed by atoms with E-state index in [9.17, 15) is 0 Å². The second-order valence-corrected chi connectivity index (χ2v) is 5.06. The van der Waals surface area contributed by atoms with Crippen LogP contribution < -0.4 is 21.3 Å². The Labute approximate surface area is 128 Å². The lowest BCUT2D eigenvalue weighted by atomic mass is 10.1. The molecule has 0 atom stereocenters. The van der Waals surface area contributed by atoms with Gasteiger partial charge in [-0.25, -0.2) is 10.8 Å². The molecule has 0 aliphatic heterocycles. The van der Waals surface area contributed by atoms with E-state index in [2.05, 4.69) is 28.9 Å². The Kier molecular flexibility index (Phi) is 5.36. The highest BCUT2D eigenvalue weighted by molar-refractivity contribution is 7.07. The molecule has 0 spiro atoms. The first-order valence-corrected chi connectivity index (χ1v) is 7.37. The van der Waals surface area contributed by atoms with Crippen LogP contribution in [0.25, 0.3) is 5.76 Å². The van der Waals surface area contributed by atoms with Crippen LogP contribution in [0.2, 0.25) is 0 Å². The first-order valence-electron chi connectivity index (χ1n) is 6.42. The van der Waals surface area contributed by atoms with Gasteiger partial charge in [-0.2, -0.15) is 0 Å². The molecule has 0 aliphatic carbocycles. The fraction of sp³-hybridized carbons (Fsp3) is 0.133. The Bertz CT molecular complexity index is 593. The number of nitrogens with one attached hydrogen (secondary N) is 2. The summed E-state index contributed by atoms with van der Waals surface area (Å²) < 4.78 is 5.67. The maximum Gasteiger partial charge on any atom is 0.146 e. The minimum atomic E-state index is 0.552. The predicted molar refractivity (Wildman–Crippen MR) is 86.4 cm³/mol. The van der Waals surface area contributed by atoms with Crippen molar-refractivity contribution in [2.75, 3.05) is 6.54 Å². The highest BCUT2D eigenvalue weighted by Crippen LogP contribution is 2.20. The third kappa shape index (κ3) is 4.62. The van der Waals surface area contributed by atoms with Crippen molar-refractivity contribution in [3.63, 3.8) is 0 Å². The lowest BCUT2D eigenvalue weighted by Crippen LogP contribution is -2.31. The molecule has 0 unspecified atom stereocenters. The molecule has 4 N–H and O–H groups in total. The number of hydrogen-bond donors (Lipinski definition) is 3. The van der Waals surface area contributed by atoms with Gasteiger partial charge in [-0.1, -0.05) is 25.3 Å². The van der Waals surface area contributed by atoms with Gasteiger partial charge in [-0.3, -0.25) is 0 Å². The molecule has 2 rings (SSSR count). The molecule has 21 heavy (non-hydrogen) atoms. The molecule has 0 radical (unpaired) electrons. The lowest BCUT2D eigenvalue weighted by molar-refractivity contribution is 0.514. The first-order chi connectivity index (χ1) is 10.2. The number of hydrazine groups is 1. The van der Waals surface area contributed by atoms with Crippen LogP contribution in [-0.4, -0.2) is 11.5 Å². The number of benzene rings is 1. The van der Waals surface area contributed by atoms with E-state index in [1.54, 1.807) is 5.51 Å². The number of ether oxygens (including phenoxy) is 1. The van der Waals surface area contributed by atoms with Gasteiger partial charge in [0.15, 0.2) is 0 Å². The molecule has 0 saturated heterocycles. The maximum atomic E-state index is 5.67. The smallest absolute Gasteiger partial charge is 0.146 e. The van der Waals surface area contributed by atoms with Gasteiger partial charge in [-0.05, 0) is 24.1 Å². The van der Waals surface area contributed by atoms with E-state index in [-0.39, 0.29) is 0 Å². The van der Waals surface area contributed by atoms with Gasteiger partial charge >= 0.3 is 0 Å². The van der Waals surface area contributed by atoms with E-state index < -0.39 is 0 Å². The van der Waals surface area contributed by atoms with Crippen molar-refractivity contribution in [2.45, 2.75) is 6.42 Å². The van der Waals surface area contributed by atoms with Gasteiger partial charge in [0.1, 0.15) is 23.0 Å². The molecule has 110 valence electrons. The van der Waals surface area contributed by atoms with Crippen LogP contribution >= 0.6 is 11.3 Å². The van der Waals surface area contributed by atoms with Crippen LogP contribution in [0.4, 0.5) is 0 Å². The van der Waals surface area contributed by atoms with Gasteiger partial charge in [0, 0.05) is 11.9 Å². The summed E-state index contributed by atoms with van der Waals surface area (Å²) >= 11 is 1.51. The molecule has 5 nitrogen and oxygen atoms in total. The summed E-state index contributed by atoms with van der Waals surface area (Å²) in [5.74, 6) is 7.12. The third-order valence-electron chi connectivity index (χ3n) is 2.81. The second-order valence-electron chi connectivity index (χ2n) is 4.34. The average Bonchev–Trinajstić information content (AvgIpc) is 3.03. The summed E-state index contributed by atoms with van der Waals surface area (Å²) in [5, 5.41) is 4.97. The van der Waals surface area contributed by atoms with Crippen LogP contribution in [0, 0.1) is 0 Å². The number of hydrogen-bond acceptors (Lipinski definition) is 6. The van der Waals surface area contributed by atoms with E-state index in [1.165, 1.54) is 16.9 Å². The minimum absolute atomic E-state index is 0.552. The summed E-state index contributed by atoms with van der Waals surface area (Å²) in [7, 11) is 0. The quantitative estimate of drug-likeness (QED) is 0.396. The molecular weight excluding hydrogens is 284 g/mol. The Morgan fingerprint density at radius 2 is 2.05 bits per heavy atom. The molecule has 0 saturated carbocycles. The Morgan fingerprint density at radius 1 is 1.29 bits per heavy atom. The molecule has 6 heteroatoms. The predicted octanol–water partition coefficient (Wildman–Crippen LogP) is 2.26. The number of thiazole rings is 1. The zero-order valence-corrected chi connectivity index (χ0v) is 12.5. The van der Waals surface area contributed by atoms with E-state index >= 15 is 0 Å². The van der Waals surface area contributed by atoms with Crippen LogP contribution in [0.5, 0.6) is 5.75 Å². The molecule has 0 amide bonds. The average molecular weight is 302 g/mol. The minimum Gasteiger partial charge on any atom is -0.456 e.